The zero-order valence-corrected chi connectivity index (χ0v) is 18.0. The second-order valence-corrected chi connectivity index (χ2v) is 12.5. The van der Waals surface area contributed by atoms with Crippen LogP contribution in [0.25, 0.3) is 0 Å². The zero-order valence-electron chi connectivity index (χ0n) is 17.0. The molecule has 4 heteroatoms. The zero-order chi connectivity index (χ0) is 19.7. The van der Waals surface area contributed by atoms with E-state index in [1.54, 1.807) is 0 Å². The Morgan fingerprint density at radius 2 is 1.41 bits per heavy atom. The van der Waals surface area contributed by atoms with Gasteiger partial charge in [0, 0.05) is 0 Å². The van der Waals surface area contributed by atoms with Crippen LogP contribution >= 0.6 is 0 Å². The van der Waals surface area contributed by atoms with Gasteiger partial charge in [-0.1, -0.05) is 99.6 Å². The summed E-state index contributed by atoms with van der Waals surface area (Å²) in [4.78, 5) is 13.1. The molecule has 3 nitrogen and oxygen atoms in total. The van der Waals surface area contributed by atoms with E-state index in [9.17, 15) is 4.79 Å². The summed E-state index contributed by atoms with van der Waals surface area (Å²) in [6.07, 6.45) is -0.142. The highest BCUT2D eigenvalue weighted by molar-refractivity contribution is 6.83. The molecular weight excluding hydrogens is 352 g/mol. The molecule has 2 rings (SSSR count). The largest absolute Gasteiger partial charge is 0.459 e. The van der Waals surface area contributed by atoms with Crippen LogP contribution in [0.3, 0.4) is 0 Å². The van der Waals surface area contributed by atoms with E-state index in [0.29, 0.717) is 6.61 Å². The Kier molecular flexibility index (Phi) is 8.26. The van der Waals surface area contributed by atoms with E-state index in [2.05, 4.69) is 20.8 Å². The molecule has 0 fully saturated rings. The molecule has 0 aliphatic heterocycles. The first-order chi connectivity index (χ1) is 13.1. The minimum atomic E-state index is -1.94. The number of carbonyl (C=O) groups excluding carboxylic acids is 1. The predicted octanol–water partition coefficient (Wildman–Crippen LogP) is 5.92. The molecule has 1 unspecified atom stereocenters. The molecule has 2 aromatic rings. The van der Waals surface area contributed by atoms with E-state index < -0.39 is 13.8 Å². The van der Waals surface area contributed by atoms with E-state index in [-0.39, 0.29) is 12.1 Å². The molecule has 2 atom stereocenters. The van der Waals surface area contributed by atoms with Crippen LogP contribution in [0.4, 0.5) is 0 Å². The van der Waals surface area contributed by atoms with Crippen LogP contribution in [0, 0.1) is 0 Å². The Morgan fingerprint density at radius 1 is 0.889 bits per heavy atom. The summed E-state index contributed by atoms with van der Waals surface area (Å²) in [6.45, 7) is 8.88. The molecular formula is C23H32O3Si. The molecule has 0 radical (unpaired) electrons. The number of hydrogen-bond donors (Lipinski definition) is 0. The van der Waals surface area contributed by atoms with Crippen LogP contribution < -0.4 is 0 Å². The smallest absolute Gasteiger partial charge is 0.332 e. The van der Waals surface area contributed by atoms with E-state index in [4.69, 9.17) is 9.47 Å². The van der Waals surface area contributed by atoms with Crippen molar-refractivity contribution < 1.29 is 14.3 Å². The Bertz CT molecular complexity index is 675. The van der Waals surface area contributed by atoms with Gasteiger partial charge in [0.2, 0.25) is 0 Å². The van der Waals surface area contributed by atoms with Gasteiger partial charge >= 0.3 is 5.97 Å². The molecule has 27 heavy (non-hydrogen) atoms. The van der Waals surface area contributed by atoms with Gasteiger partial charge < -0.3 is 9.47 Å². The van der Waals surface area contributed by atoms with Crippen molar-refractivity contribution in [2.45, 2.75) is 64.3 Å². The molecule has 0 heterocycles. The minimum Gasteiger partial charge on any atom is -0.459 e. The molecule has 0 saturated heterocycles. The van der Waals surface area contributed by atoms with E-state index in [0.717, 1.165) is 29.3 Å². The lowest BCUT2D eigenvalue weighted by atomic mass is 10.1. The van der Waals surface area contributed by atoms with Gasteiger partial charge in [0.1, 0.15) is 20.4 Å². The molecule has 0 aliphatic rings. The van der Waals surface area contributed by atoms with Crippen LogP contribution in [-0.2, 0) is 20.9 Å². The number of rotatable bonds is 10. The van der Waals surface area contributed by atoms with E-state index in [1.807, 2.05) is 67.6 Å². The quantitative estimate of drug-likeness (QED) is 0.376. The van der Waals surface area contributed by atoms with Crippen LogP contribution in [-0.4, -0.2) is 19.8 Å². The fraction of sp³-hybridized carbons (Fsp3) is 0.435. The Labute approximate surface area is 164 Å². The molecule has 0 N–H and O–H groups in total. The van der Waals surface area contributed by atoms with E-state index in [1.165, 1.54) is 0 Å². The van der Waals surface area contributed by atoms with Crippen molar-refractivity contribution in [3.8, 4) is 0 Å². The standard InChI is InChI=1S/C23H32O3Si/c1-5-27(6-2,7-3)23(26-19(4)21-16-12-9-13-17-21)22(24)25-18-20-14-10-8-11-15-20/h8-17,19,23H,5-7,18H2,1-4H3/t19-,23?/m1/s1. The van der Waals surface area contributed by atoms with Gasteiger partial charge in [-0.15, -0.1) is 0 Å². The number of benzene rings is 2. The monoisotopic (exact) mass is 384 g/mol. The number of ether oxygens (including phenoxy) is 2. The fourth-order valence-electron chi connectivity index (χ4n) is 3.57. The van der Waals surface area contributed by atoms with Crippen molar-refractivity contribution in [1.29, 1.82) is 0 Å². The van der Waals surface area contributed by atoms with Crippen molar-refractivity contribution in [2.24, 2.45) is 0 Å². The average Bonchev–Trinajstić information content (AvgIpc) is 2.74. The molecule has 0 bridgehead atoms. The number of esters is 1. The van der Waals surface area contributed by atoms with Crippen LogP contribution in [0.2, 0.25) is 18.1 Å². The third-order valence-electron chi connectivity index (χ3n) is 5.72. The number of hydrogen-bond acceptors (Lipinski definition) is 3. The van der Waals surface area contributed by atoms with Crippen molar-refractivity contribution in [1.82, 2.24) is 0 Å². The second kappa shape index (κ2) is 10.4. The van der Waals surface area contributed by atoms with Gasteiger partial charge in [0.05, 0.1) is 6.10 Å². The summed E-state index contributed by atoms with van der Waals surface area (Å²) in [7, 11) is -1.94. The molecule has 0 aromatic heterocycles. The highest BCUT2D eigenvalue weighted by Crippen LogP contribution is 2.31. The summed E-state index contributed by atoms with van der Waals surface area (Å²) in [5.41, 5.74) is 1.64. The molecule has 0 aliphatic carbocycles. The van der Waals surface area contributed by atoms with Crippen LogP contribution in [0.5, 0.6) is 0 Å². The maximum atomic E-state index is 13.1. The molecule has 146 valence electrons. The van der Waals surface area contributed by atoms with Crippen LogP contribution in [0.15, 0.2) is 60.7 Å². The first-order valence-electron chi connectivity index (χ1n) is 9.97. The highest BCUT2D eigenvalue weighted by Gasteiger charge is 2.44. The SMILES string of the molecule is CC[Si](CC)(CC)C(O[C@H](C)c1ccccc1)C(=O)OCc1ccccc1. The average molecular weight is 385 g/mol. The number of carbonyl (C=O) groups is 1. The first-order valence-corrected chi connectivity index (χ1v) is 12.7. The maximum Gasteiger partial charge on any atom is 0.332 e. The first kappa shape index (κ1) is 21.4. The van der Waals surface area contributed by atoms with Gasteiger partial charge in [0.25, 0.3) is 0 Å². The Hall–Kier alpha value is -1.91. The highest BCUT2D eigenvalue weighted by atomic mass is 28.3. The van der Waals surface area contributed by atoms with Gasteiger partial charge in [-0.3, -0.25) is 0 Å². The normalized spacial score (nSPS) is 13.8. The summed E-state index contributed by atoms with van der Waals surface area (Å²) < 4.78 is 12.1. The third-order valence-corrected chi connectivity index (χ3v) is 11.4. The van der Waals surface area contributed by atoms with Gasteiger partial charge in [-0.2, -0.15) is 0 Å². The summed E-state index contributed by atoms with van der Waals surface area (Å²) in [5.74, 6) is -0.209. The minimum absolute atomic E-state index is 0.142. The second-order valence-electron chi connectivity index (χ2n) is 7.09. The maximum absolute atomic E-state index is 13.1. The molecule has 0 saturated carbocycles. The molecule has 2 aromatic carbocycles. The van der Waals surface area contributed by atoms with Crippen LogP contribution in [0.1, 0.15) is 44.9 Å². The lowest BCUT2D eigenvalue weighted by Gasteiger charge is -2.36. The van der Waals surface area contributed by atoms with Gasteiger partial charge in [0.15, 0.2) is 0 Å². The van der Waals surface area contributed by atoms with Crippen molar-refractivity contribution in [2.75, 3.05) is 0 Å². The summed E-state index contributed by atoms with van der Waals surface area (Å²) >= 11 is 0. The summed E-state index contributed by atoms with van der Waals surface area (Å²) in [5, 5.41) is 0. The summed E-state index contributed by atoms with van der Waals surface area (Å²) in [6, 6.07) is 22.9. The lowest BCUT2D eigenvalue weighted by Crippen LogP contribution is -2.52. The third kappa shape index (κ3) is 5.53. The van der Waals surface area contributed by atoms with Crippen molar-refractivity contribution in [3.63, 3.8) is 0 Å². The predicted molar refractivity (Wildman–Crippen MR) is 113 cm³/mol. The van der Waals surface area contributed by atoms with Crippen molar-refractivity contribution >= 4 is 14.0 Å². The van der Waals surface area contributed by atoms with E-state index >= 15 is 0 Å². The fourth-order valence-corrected chi connectivity index (χ4v) is 7.26. The molecule has 0 spiro atoms. The van der Waals surface area contributed by atoms with Gasteiger partial charge in [-0.05, 0) is 18.1 Å². The topological polar surface area (TPSA) is 35.5 Å². The Morgan fingerprint density at radius 3 is 1.93 bits per heavy atom. The van der Waals surface area contributed by atoms with Gasteiger partial charge in [-0.25, -0.2) is 4.79 Å². The van der Waals surface area contributed by atoms with Crippen molar-refractivity contribution in [3.05, 3.63) is 71.8 Å². The Balaban J connectivity index is 2.19. The molecule has 0 amide bonds. The lowest BCUT2D eigenvalue weighted by molar-refractivity contribution is -0.156.